The molecule has 0 aliphatic carbocycles. The first-order chi connectivity index (χ1) is 15.8. The molecule has 1 atom stereocenters. The fourth-order valence-corrected chi connectivity index (χ4v) is 4.63. The van der Waals surface area contributed by atoms with Crippen LogP contribution in [-0.4, -0.2) is 10.9 Å². The van der Waals surface area contributed by atoms with E-state index in [0.29, 0.717) is 22.0 Å². The Hall–Kier alpha value is -3.57. The summed E-state index contributed by atoms with van der Waals surface area (Å²) in [5.74, 6) is -1.58. The van der Waals surface area contributed by atoms with Crippen LogP contribution in [0.15, 0.2) is 79.0 Å². The first-order valence-corrected chi connectivity index (χ1v) is 10.8. The number of carbonyl (C=O) groups excluding carboxylic acids is 1. The van der Waals surface area contributed by atoms with Crippen LogP contribution in [0.25, 0.3) is 22.4 Å². The van der Waals surface area contributed by atoms with E-state index < -0.39 is 17.0 Å². The van der Waals surface area contributed by atoms with E-state index in [9.17, 15) is 13.6 Å². The molecule has 6 heteroatoms. The number of anilines is 1. The number of hydrogen-bond acceptors (Lipinski definition) is 2. The fourth-order valence-electron chi connectivity index (χ4n) is 4.44. The van der Waals surface area contributed by atoms with Gasteiger partial charge in [0, 0.05) is 22.8 Å². The maximum absolute atomic E-state index is 13.9. The maximum Gasteiger partial charge on any atom is 0.235 e. The quantitative estimate of drug-likeness (QED) is 0.364. The van der Waals surface area contributed by atoms with Gasteiger partial charge < -0.3 is 5.32 Å². The molecule has 0 saturated heterocycles. The van der Waals surface area contributed by atoms with Crippen molar-refractivity contribution in [3.63, 3.8) is 0 Å². The number of nitrogens with zero attached hydrogens (tertiary/aromatic N) is 1. The molecule has 1 aliphatic heterocycles. The van der Waals surface area contributed by atoms with Gasteiger partial charge in [0.05, 0.1) is 16.8 Å². The van der Waals surface area contributed by atoms with Gasteiger partial charge in [-0.1, -0.05) is 29.8 Å². The van der Waals surface area contributed by atoms with Gasteiger partial charge in [-0.15, -0.1) is 0 Å². The summed E-state index contributed by atoms with van der Waals surface area (Å²) in [5, 5.41) is 3.60. The van der Waals surface area contributed by atoms with Crippen molar-refractivity contribution < 1.29 is 13.6 Å². The summed E-state index contributed by atoms with van der Waals surface area (Å²) in [6, 6.07) is 20.3. The van der Waals surface area contributed by atoms with Gasteiger partial charge in [0.15, 0.2) is 0 Å². The molecule has 33 heavy (non-hydrogen) atoms. The van der Waals surface area contributed by atoms with Crippen LogP contribution in [0.4, 0.5) is 14.5 Å². The van der Waals surface area contributed by atoms with Gasteiger partial charge in [-0.25, -0.2) is 8.78 Å². The Kier molecular flexibility index (Phi) is 5.22. The minimum atomic E-state index is -1.03. The van der Waals surface area contributed by atoms with Crippen LogP contribution in [0.2, 0.25) is 5.02 Å². The molecule has 0 saturated carbocycles. The largest absolute Gasteiger partial charge is 0.324 e. The zero-order chi connectivity index (χ0) is 23.2. The third-order valence-electron chi connectivity index (χ3n) is 6.05. The van der Waals surface area contributed by atoms with Crippen molar-refractivity contribution in [3.05, 3.63) is 107 Å². The second-order valence-corrected chi connectivity index (χ2v) is 8.85. The van der Waals surface area contributed by atoms with Crippen molar-refractivity contribution >= 4 is 23.2 Å². The third kappa shape index (κ3) is 3.89. The van der Waals surface area contributed by atoms with Gasteiger partial charge in [-0.2, -0.15) is 0 Å². The summed E-state index contributed by atoms with van der Waals surface area (Å²) in [6.45, 7) is 1.79. The molecule has 3 aromatic carbocycles. The summed E-state index contributed by atoms with van der Waals surface area (Å²) in [6.07, 6.45) is 1.83. The molecule has 164 valence electrons. The van der Waals surface area contributed by atoms with Crippen molar-refractivity contribution in [2.24, 2.45) is 0 Å². The smallest absolute Gasteiger partial charge is 0.235 e. The molecule has 5 rings (SSSR count). The Labute approximate surface area is 195 Å². The summed E-state index contributed by atoms with van der Waals surface area (Å²) >= 11 is 6.24. The second-order valence-electron chi connectivity index (χ2n) is 8.41. The highest BCUT2D eigenvalue weighted by atomic mass is 35.5. The number of fused-ring (bicyclic) bond motifs is 1. The number of hydrogen-bond donors (Lipinski definition) is 1. The number of pyridine rings is 1. The first-order valence-electron chi connectivity index (χ1n) is 10.5. The molecule has 0 radical (unpaired) electrons. The number of aromatic nitrogens is 1. The SMILES string of the molecule is CC1(Cc2cc(F)cc(F)c2)C(=O)Nc2c(-c3ccccn3)cc(-c3cccc(Cl)c3)cc21. The van der Waals surface area contributed by atoms with Crippen LogP contribution in [0.3, 0.4) is 0 Å². The van der Waals surface area contributed by atoms with Crippen molar-refractivity contribution in [1.82, 2.24) is 4.98 Å². The molecule has 1 N–H and O–H groups in total. The summed E-state index contributed by atoms with van der Waals surface area (Å²) in [4.78, 5) is 17.8. The minimum Gasteiger partial charge on any atom is -0.324 e. The van der Waals surface area contributed by atoms with Crippen molar-refractivity contribution in [1.29, 1.82) is 0 Å². The lowest BCUT2D eigenvalue weighted by atomic mass is 9.77. The lowest BCUT2D eigenvalue weighted by Gasteiger charge is -2.23. The molecule has 1 amide bonds. The molecular weight excluding hydrogens is 442 g/mol. The van der Waals surface area contributed by atoms with Crippen molar-refractivity contribution in [3.8, 4) is 22.4 Å². The van der Waals surface area contributed by atoms with E-state index >= 15 is 0 Å². The van der Waals surface area contributed by atoms with E-state index in [1.54, 1.807) is 19.2 Å². The van der Waals surface area contributed by atoms with Crippen LogP contribution < -0.4 is 5.32 Å². The molecule has 3 nitrogen and oxygen atoms in total. The first kappa shape index (κ1) is 21.3. The molecule has 1 unspecified atom stereocenters. The van der Waals surface area contributed by atoms with Crippen LogP contribution >= 0.6 is 11.6 Å². The molecule has 0 bridgehead atoms. The van der Waals surface area contributed by atoms with E-state index in [1.807, 2.05) is 48.5 Å². The Balaban J connectivity index is 1.72. The molecule has 0 spiro atoms. The second kappa shape index (κ2) is 8.09. The predicted octanol–water partition coefficient (Wildman–Crippen LogP) is 6.80. The van der Waals surface area contributed by atoms with E-state index in [-0.39, 0.29) is 12.3 Å². The molecular formula is C27H19ClF2N2O. The van der Waals surface area contributed by atoms with Crippen LogP contribution in [-0.2, 0) is 16.6 Å². The Morgan fingerprint density at radius 1 is 0.939 bits per heavy atom. The highest BCUT2D eigenvalue weighted by Gasteiger charge is 2.44. The number of carbonyl (C=O) groups is 1. The molecule has 2 heterocycles. The lowest BCUT2D eigenvalue weighted by molar-refractivity contribution is -0.120. The number of halogens is 3. The van der Waals surface area contributed by atoms with E-state index in [4.69, 9.17) is 11.6 Å². The molecule has 4 aromatic rings. The van der Waals surface area contributed by atoms with E-state index in [2.05, 4.69) is 10.3 Å². The van der Waals surface area contributed by atoms with E-state index in [0.717, 1.165) is 28.3 Å². The molecule has 0 fully saturated rings. The van der Waals surface area contributed by atoms with Gasteiger partial charge in [0.1, 0.15) is 11.6 Å². The highest BCUT2D eigenvalue weighted by Crippen LogP contribution is 2.47. The Bertz CT molecular complexity index is 1370. The van der Waals surface area contributed by atoms with Gasteiger partial charge in [0.2, 0.25) is 5.91 Å². The Morgan fingerprint density at radius 2 is 1.73 bits per heavy atom. The topological polar surface area (TPSA) is 42.0 Å². The van der Waals surface area contributed by atoms with Crippen molar-refractivity contribution in [2.45, 2.75) is 18.8 Å². The van der Waals surface area contributed by atoms with Crippen LogP contribution in [0.1, 0.15) is 18.1 Å². The maximum atomic E-state index is 13.9. The van der Waals surface area contributed by atoms with Gasteiger partial charge in [-0.05, 0) is 84.1 Å². The Morgan fingerprint density at radius 3 is 2.42 bits per heavy atom. The lowest BCUT2D eigenvalue weighted by Crippen LogP contribution is -2.33. The predicted molar refractivity (Wildman–Crippen MR) is 126 cm³/mol. The van der Waals surface area contributed by atoms with Gasteiger partial charge in [-0.3, -0.25) is 9.78 Å². The molecule has 1 aromatic heterocycles. The number of nitrogens with one attached hydrogen (secondary N) is 1. The number of amides is 1. The summed E-state index contributed by atoms with van der Waals surface area (Å²) in [5.41, 5.74) is 4.01. The minimum absolute atomic E-state index is 0.140. The monoisotopic (exact) mass is 460 g/mol. The summed E-state index contributed by atoms with van der Waals surface area (Å²) in [7, 11) is 0. The van der Waals surface area contributed by atoms with Crippen LogP contribution in [0, 0.1) is 11.6 Å². The fraction of sp³-hybridized carbons (Fsp3) is 0.111. The van der Waals surface area contributed by atoms with Crippen molar-refractivity contribution in [2.75, 3.05) is 5.32 Å². The standard InChI is InChI=1S/C27H19ClF2N2O/c1-27(15-16-9-20(29)14-21(30)10-16)23-13-18(17-5-4-6-19(28)11-17)12-22(25(23)32-26(27)33)24-7-2-3-8-31-24/h2-14H,15H2,1H3,(H,32,33). The number of rotatable bonds is 4. The normalized spacial score (nSPS) is 17.0. The number of benzene rings is 3. The average Bonchev–Trinajstić information content (AvgIpc) is 3.03. The van der Waals surface area contributed by atoms with Crippen LogP contribution in [0.5, 0.6) is 0 Å². The zero-order valence-corrected chi connectivity index (χ0v) is 18.5. The third-order valence-corrected chi connectivity index (χ3v) is 6.29. The van der Waals surface area contributed by atoms with E-state index in [1.165, 1.54) is 12.1 Å². The summed E-state index contributed by atoms with van der Waals surface area (Å²) < 4.78 is 27.7. The molecule has 1 aliphatic rings. The average molecular weight is 461 g/mol. The van der Waals surface area contributed by atoms with Gasteiger partial charge in [0.25, 0.3) is 0 Å². The van der Waals surface area contributed by atoms with Gasteiger partial charge >= 0.3 is 0 Å². The highest BCUT2D eigenvalue weighted by molar-refractivity contribution is 6.30. The zero-order valence-electron chi connectivity index (χ0n) is 17.7.